The van der Waals surface area contributed by atoms with Gasteiger partial charge in [0.15, 0.2) is 5.57 Å². The Balaban J connectivity index is 3.25. The van der Waals surface area contributed by atoms with Gasteiger partial charge in [-0.05, 0) is 12.1 Å². The molecule has 0 aliphatic rings. The fraction of sp³-hybridized carbons (Fsp3) is 0. The van der Waals surface area contributed by atoms with Gasteiger partial charge in [0.2, 0.25) is 0 Å². The monoisotopic (exact) mass is 260 g/mol. The number of halogens is 1. The van der Waals surface area contributed by atoms with E-state index in [4.69, 9.17) is 27.4 Å². The third-order valence-electron chi connectivity index (χ3n) is 1.83. The molecule has 0 aliphatic carbocycles. The highest BCUT2D eigenvalue weighted by Gasteiger charge is 2.10. The molecular weight excluding hydrogens is 256 g/mol. The van der Waals surface area contributed by atoms with E-state index in [9.17, 15) is 0 Å². The molecule has 0 atom stereocenters. The summed E-state index contributed by atoms with van der Waals surface area (Å²) < 4.78 is 0. The lowest BCUT2D eigenvalue weighted by atomic mass is 10.2. The van der Waals surface area contributed by atoms with Crippen LogP contribution in [0.15, 0.2) is 34.4 Å². The van der Waals surface area contributed by atoms with Gasteiger partial charge in [-0.3, -0.25) is 0 Å². The van der Waals surface area contributed by atoms with Crippen LogP contribution in [-0.4, -0.2) is 0 Å². The van der Waals surface area contributed by atoms with Crippen molar-refractivity contribution in [1.82, 2.24) is 0 Å². The number of para-hydroxylation sites is 1. The third-order valence-corrected chi connectivity index (χ3v) is 2.51. The predicted octanol–water partition coefficient (Wildman–Crippen LogP) is 2.87. The fourth-order valence-electron chi connectivity index (χ4n) is 1.04. The second kappa shape index (κ2) is 5.82. The number of hydrogen-bond acceptors (Lipinski definition) is 5. The lowest BCUT2D eigenvalue weighted by Gasteiger charge is -2.09. The van der Waals surface area contributed by atoms with Crippen LogP contribution >= 0.6 is 24.2 Å². The Kier molecular flexibility index (Phi) is 4.43. The molecule has 4 nitrogen and oxygen atoms in total. The first-order valence-electron chi connectivity index (χ1n) is 4.33. The minimum absolute atomic E-state index is 0.154. The molecule has 0 aromatic heterocycles. The molecule has 0 heterocycles. The summed E-state index contributed by atoms with van der Waals surface area (Å²) in [6, 6.07) is 9.97. The maximum atomic E-state index is 8.86. The molecule has 0 spiro atoms. The van der Waals surface area contributed by atoms with E-state index in [-0.39, 0.29) is 11.3 Å². The summed E-state index contributed by atoms with van der Waals surface area (Å²) in [5.41, 5.74) is -0.0735. The van der Waals surface area contributed by atoms with E-state index in [1.807, 2.05) is 0 Å². The summed E-state index contributed by atoms with van der Waals surface area (Å²) in [6.45, 7) is 0. The largest absolute Gasteiger partial charge is 0.343 e. The van der Waals surface area contributed by atoms with Gasteiger partial charge in [-0.15, -0.1) is 12.6 Å². The van der Waals surface area contributed by atoms with Gasteiger partial charge in [-0.25, -0.2) is 0 Å². The number of nitrogens with one attached hydrogen (secondary N) is 1. The van der Waals surface area contributed by atoms with Crippen LogP contribution in [0.5, 0.6) is 0 Å². The van der Waals surface area contributed by atoms with Gasteiger partial charge >= 0.3 is 0 Å². The summed E-state index contributed by atoms with van der Waals surface area (Å²) in [5.74, 6) is 0. The van der Waals surface area contributed by atoms with E-state index in [2.05, 4.69) is 17.9 Å². The molecule has 1 rings (SSSR count). The number of thiol groups is 1. The number of hydrogen-bond donors (Lipinski definition) is 2. The normalized spacial score (nSPS) is 8.41. The molecule has 0 fully saturated rings. The smallest absolute Gasteiger partial charge is 0.163 e. The van der Waals surface area contributed by atoms with E-state index >= 15 is 0 Å². The highest BCUT2D eigenvalue weighted by atomic mass is 35.5. The summed E-state index contributed by atoms with van der Waals surface area (Å²) >= 11 is 10.1. The Bertz CT molecular complexity index is 565. The van der Waals surface area contributed by atoms with Crippen LogP contribution in [0.25, 0.3) is 0 Å². The number of nitrogens with zero attached hydrogens (tertiary/aromatic N) is 3. The van der Waals surface area contributed by atoms with Gasteiger partial charge in [0.05, 0.1) is 10.7 Å². The van der Waals surface area contributed by atoms with Gasteiger partial charge in [0.25, 0.3) is 0 Å². The van der Waals surface area contributed by atoms with Gasteiger partial charge in [0, 0.05) is 4.90 Å². The van der Waals surface area contributed by atoms with Gasteiger partial charge in [-0.1, -0.05) is 17.7 Å². The number of anilines is 1. The first kappa shape index (κ1) is 12.9. The molecular formula is C11H5ClN4S. The zero-order valence-corrected chi connectivity index (χ0v) is 10.0. The van der Waals surface area contributed by atoms with E-state index in [0.717, 1.165) is 0 Å². The number of benzene rings is 1. The molecule has 0 saturated carbocycles. The van der Waals surface area contributed by atoms with Crippen molar-refractivity contribution in [1.29, 1.82) is 15.8 Å². The van der Waals surface area contributed by atoms with Crippen LogP contribution in [0, 0.1) is 34.0 Å². The zero-order chi connectivity index (χ0) is 12.8. The highest BCUT2D eigenvalue weighted by molar-refractivity contribution is 7.80. The van der Waals surface area contributed by atoms with Crippen molar-refractivity contribution in [3.05, 3.63) is 34.5 Å². The Labute approximate surface area is 109 Å². The van der Waals surface area contributed by atoms with Crippen LogP contribution in [-0.2, 0) is 0 Å². The van der Waals surface area contributed by atoms with Crippen molar-refractivity contribution >= 4 is 29.9 Å². The molecule has 0 radical (unpaired) electrons. The topological polar surface area (TPSA) is 83.4 Å². The Morgan fingerprint density at radius 2 is 1.82 bits per heavy atom. The first-order chi connectivity index (χ1) is 8.13. The molecule has 1 N–H and O–H groups in total. The van der Waals surface area contributed by atoms with Crippen LogP contribution < -0.4 is 5.32 Å². The minimum Gasteiger partial charge on any atom is -0.343 e. The molecule has 0 amide bonds. The molecule has 0 aliphatic heterocycles. The van der Waals surface area contributed by atoms with Crippen LogP contribution in [0.4, 0.5) is 5.69 Å². The molecule has 1 aromatic rings. The molecule has 6 heteroatoms. The number of rotatable bonds is 2. The van der Waals surface area contributed by atoms with Crippen molar-refractivity contribution in [2.45, 2.75) is 4.90 Å². The molecule has 17 heavy (non-hydrogen) atoms. The van der Waals surface area contributed by atoms with Crippen molar-refractivity contribution in [3.8, 4) is 18.2 Å². The maximum absolute atomic E-state index is 8.86. The quantitative estimate of drug-likeness (QED) is 0.633. The Hall–Kier alpha value is -2.13. The molecule has 1 aromatic carbocycles. The average molecular weight is 261 g/mol. The second-order valence-electron chi connectivity index (χ2n) is 2.84. The fourth-order valence-corrected chi connectivity index (χ4v) is 1.59. The van der Waals surface area contributed by atoms with E-state index in [0.29, 0.717) is 15.6 Å². The van der Waals surface area contributed by atoms with Crippen molar-refractivity contribution in [3.63, 3.8) is 0 Å². The minimum atomic E-state index is -0.305. The summed E-state index contributed by atoms with van der Waals surface area (Å²) in [6.07, 6.45) is 0. The van der Waals surface area contributed by atoms with Crippen LogP contribution in [0.3, 0.4) is 0 Å². The number of allylic oxidation sites excluding steroid dienone is 2. The van der Waals surface area contributed by atoms with Crippen molar-refractivity contribution in [2.24, 2.45) is 0 Å². The lowest BCUT2D eigenvalue weighted by Crippen LogP contribution is -2.02. The molecule has 0 saturated heterocycles. The SMILES string of the molecule is N#CC(C#N)=C(C#N)Nc1c(S)cccc1Cl. The van der Waals surface area contributed by atoms with E-state index in [1.54, 1.807) is 36.4 Å². The Morgan fingerprint density at radius 3 is 2.29 bits per heavy atom. The van der Waals surface area contributed by atoms with Gasteiger partial charge in [-0.2, -0.15) is 15.8 Å². The lowest BCUT2D eigenvalue weighted by molar-refractivity contribution is 1.34. The van der Waals surface area contributed by atoms with Gasteiger partial charge < -0.3 is 5.32 Å². The average Bonchev–Trinajstić information content (AvgIpc) is 2.33. The summed E-state index contributed by atoms with van der Waals surface area (Å²) in [5, 5.41) is 29.2. The summed E-state index contributed by atoms with van der Waals surface area (Å²) in [4.78, 5) is 0.514. The molecule has 82 valence electrons. The third kappa shape index (κ3) is 2.92. The van der Waals surface area contributed by atoms with E-state index < -0.39 is 0 Å². The molecule has 0 unspecified atom stereocenters. The van der Waals surface area contributed by atoms with E-state index in [1.165, 1.54) is 0 Å². The standard InChI is InChI=1S/C11H5ClN4S/c12-8-2-1-3-10(17)11(8)16-9(6-15)7(4-13)5-14/h1-3,16-17H. The maximum Gasteiger partial charge on any atom is 0.163 e. The van der Waals surface area contributed by atoms with Gasteiger partial charge in [0.1, 0.15) is 23.9 Å². The second-order valence-corrected chi connectivity index (χ2v) is 3.73. The van der Waals surface area contributed by atoms with Crippen molar-refractivity contribution in [2.75, 3.05) is 5.32 Å². The highest BCUT2D eigenvalue weighted by Crippen LogP contribution is 2.29. The first-order valence-corrected chi connectivity index (χ1v) is 5.15. The predicted molar refractivity (Wildman–Crippen MR) is 66.2 cm³/mol. The zero-order valence-electron chi connectivity index (χ0n) is 8.40. The Morgan fingerprint density at radius 1 is 1.18 bits per heavy atom. The molecule has 0 bridgehead atoms. The van der Waals surface area contributed by atoms with Crippen LogP contribution in [0.1, 0.15) is 0 Å². The van der Waals surface area contributed by atoms with Crippen LogP contribution in [0.2, 0.25) is 5.02 Å². The number of nitriles is 3. The van der Waals surface area contributed by atoms with Crippen molar-refractivity contribution < 1.29 is 0 Å². The summed E-state index contributed by atoms with van der Waals surface area (Å²) in [7, 11) is 0.